The van der Waals surface area contributed by atoms with E-state index in [1.54, 1.807) is 12.3 Å². The van der Waals surface area contributed by atoms with Gasteiger partial charge in [-0.3, -0.25) is 4.79 Å². The summed E-state index contributed by atoms with van der Waals surface area (Å²) >= 11 is 1.18. The van der Waals surface area contributed by atoms with Gasteiger partial charge in [0.2, 0.25) is 0 Å². The fourth-order valence-corrected chi connectivity index (χ4v) is 2.57. The van der Waals surface area contributed by atoms with Crippen molar-refractivity contribution in [3.63, 3.8) is 0 Å². The number of esters is 1. The van der Waals surface area contributed by atoms with Crippen LogP contribution in [0.3, 0.4) is 0 Å². The molecular formula is C17H18N2O3S. The number of aryl methyl sites for hydroxylation is 2. The molecule has 1 heterocycles. The zero-order valence-corrected chi connectivity index (χ0v) is 13.6. The van der Waals surface area contributed by atoms with Crippen molar-refractivity contribution in [2.45, 2.75) is 24.9 Å². The minimum Gasteiger partial charge on any atom is -0.463 e. The highest BCUT2D eigenvalue weighted by atomic mass is 32.2. The van der Waals surface area contributed by atoms with Crippen molar-refractivity contribution < 1.29 is 9.53 Å². The van der Waals surface area contributed by atoms with Crippen LogP contribution in [-0.4, -0.2) is 22.5 Å². The standard InChI is InChI=1S/C17H18N2O3S/c1-2-22-16(21)10-11-23-17-18-14(12-15(20)19-17)9-8-13-6-4-3-5-7-13/h3-7,10-12H,2,8-9H2,1H3,(H,18,19,20)/b11-10+. The molecule has 1 aromatic heterocycles. The van der Waals surface area contributed by atoms with E-state index in [0.717, 1.165) is 12.1 Å². The van der Waals surface area contributed by atoms with Gasteiger partial charge in [-0.1, -0.05) is 42.1 Å². The van der Waals surface area contributed by atoms with Gasteiger partial charge in [0.1, 0.15) is 0 Å². The van der Waals surface area contributed by atoms with E-state index in [1.807, 2.05) is 30.3 Å². The Balaban J connectivity index is 1.98. The molecule has 0 unspecified atom stereocenters. The van der Waals surface area contributed by atoms with E-state index in [2.05, 4.69) is 9.97 Å². The first-order chi connectivity index (χ1) is 11.2. The maximum atomic E-state index is 11.7. The van der Waals surface area contributed by atoms with Crippen LogP contribution >= 0.6 is 11.8 Å². The van der Waals surface area contributed by atoms with E-state index in [4.69, 9.17) is 4.74 Å². The summed E-state index contributed by atoms with van der Waals surface area (Å²) in [5, 5.41) is 2.01. The lowest BCUT2D eigenvalue weighted by Gasteiger charge is -2.03. The number of H-pyrrole nitrogens is 1. The molecule has 6 heteroatoms. The maximum absolute atomic E-state index is 11.7. The lowest BCUT2D eigenvalue weighted by molar-refractivity contribution is -0.137. The maximum Gasteiger partial charge on any atom is 0.331 e. The third kappa shape index (κ3) is 6.12. The highest BCUT2D eigenvalue weighted by molar-refractivity contribution is 8.02. The average molecular weight is 330 g/mol. The largest absolute Gasteiger partial charge is 0.463 e. The lowest BCUT2D eigenvalue weighted by Crippen LogP contribution is -2.10. The van der Waals surface area contributed by atoms with Crippen molar-refractivity contribution in [3.8, 4) is 0 Å². The molecule has 0 fully saturated rings. The van der Waals surface area contributed by atoms with Crippen LogP contribution < -0.4 is 5.56 Å². The summed E-state index contributed by atoms with van der Waals surface area (Å²) in [4.78, 5) is 29.9. The molecule has 0 aliphatic rings. The third-order valence-corrected chi connectivity index (χ3v) is 3.64. The van der Waals surface area contributed by atoms with Crippen LogP contribution in [0.15, 0.2) is 57.8 Å². The number of nitrogens with zero attached hydrogens (tertiary/aromatic N) is 1. The first-order valence-corrected chi connectivity index (χ1v) is 8.19. The summed E-state index contributed by atoms with van der Waals surface area (Å²) in [6, 6.07) is 11.5. The number of rotatable bonds is 7. The fraction of sp³-hybridized carbons (Fsp3) is 0.235. The number of hydrogen-bond acceptors (Lipinski definition) is 5. The van der Waals surface area contributed by atoms with E-state index in [1.165, 1.54) is 29.5 Å². The van der Waals surface area contributed by atoms with Gasteiger partial charge in [0.25, 0.3) is 5.56 Å². The summed E-state index contributed by atoms with van der Waals surface area (Å²) < 4.78 is 4.78. The number of nitrogens with one attached hydrogen (secondary N) is 1. The van der Waals surface area contributed by atoms with Gasteiger partial charge in [-0.2, -0.15) is 0 Å². The number of aromatic nitrogens is 2. The molecule has 23 heavy (non-hydrogen) atoms. The highest BCUT2D eigenvalue weighted by Gasteiger charge is 2.03. The number of benzene rings is 1. The molecule has 0 saturated carbocycles. The van der Waals surface area contributed by atoms with Crippen molar-refractivity contribution in [2.75, 3.05) is 6.61 Å². The van der Waals surface area contributed by atoms with Gasteiger partial charge in [-0.25, -0.2) is 9.78 Å². The first-order valence-electron chi connectivity index (χ1n) is 7.31. The topological polar surface area (TPSA) is 72.0 Å². The second kappa shape index (κ2) is 8.95. The molecule has 0 amide bonds. The lowest BCUT2D eigenvalue weighted by atomic mass is 10.1. The van der Waals surface area contributed by atoms with Gasteiger partial charge in [0.05, 0.1) is 6.61 Å². The zero-order valence-electron chi connectivity index (χ0n) is 12.8. The first kappa shape index (κ1) is 17.0. The minimum absolute atomic E-state index is 0.199. The predicted octanol–water partition coefficient (Wildman–Crippen LogP) is 2.72. The summed E-state index contributed by atoms with van der Waals surface area (Å²) in [6.07, 6.45) is 2.81. The molecule has 120 valence electrons. The summed E-state index contributed by atoms with van der Waals surface area (Å²) in [5.41, 5.74) is 1.73. The van der Waals surface area contributed by atoms with Crippen LogP contribution in [-0.2, 0) is 22.4 Å². The van der Waals surface area contributed by atoms with Crippen LogP contribution in [0.1, 0.15) is 18.2 Å². The number of carbonyl (C=O) groups excluding carboxylic acids is 1. The third-order valence-electron chi connectivity index (χ3n) is 2.96. The second-order valence-electron chi connectivity index (χ2n) is 4.70. The molecular weight excluding hydrogens is 312 g/mol. The Labute approximate surface area is 138 Å². The molecule has 0 spiro atoms. The van der Waals surface area contributed by atoms with E-state index in [0.29, 0.717) is 18.2 Å². The Morgan fingerprint density at radius 2 is 2.09 bits per heavy atom. The molecule has 1 aromatic carbocycles. The Hall–Kier alpha value is -2.34. The van der Waals surface area contributed by atoms with E-state index < -0.39 is 5.97 Å². The van der Waals surface area contributed by atoms with Crippen LogP contribution in [0.5, 0.6) is 0 Å². The SMILES string of the molecule is CCOC(=O)/C=C/Sc1nc(CCc2ccccc2)cc(=O)[nH]1. The van der Waals surface area contributed by atoms with Crippen molar-refractivity contribution >= 4 is 17.7 Å². The molecule has 0 saturated heterocycles. The van der Waals surface area contributed by atoms with E-state index in [9.17, 15) is 9.59 Å². The van der Waals surface area contributed by atoms with E-state index >= 15 is 0 Å². The molecule has 0 radical (unpaired) electrons. The van der Waals surface area contributed by atoms with Crippen molar-refractivity contribution in [1.29, 1.82) is 0 Å². The zero-order chi connectivity index (χ0) is 16.5. The van der Waals surface area contributed by atoms with Gasteiger partial charge in [-0.05, 0) is 30.7 Å². The molecule has 2 aromatic rings. The number of hydrogen-bond donors (Lipinski definition) is 1. The van der Waals surface area contributed by atoms with Crippen LogP contribution in [0.25, 0.3) is 0 Å². The fourth-order valence-electron chi connectivity index (χ4n) is 1.93. The average Bonchev–Trinajstić information content (AvgIpc) is 2.54. The molecule has 1 N–H and O–H groups in total. The quantitative estimate of drug-likeness (QED) is 0.366. The van der Waals surface area contributed by atoms with Crippen LogP contribution in [0.2, 0.25) is 0 Å². The van der Waals surface area contributed by atoms with E-state index in [-0.39, 0.29) is 5.56 Å². The Morgan fingerprint density at radius 3 is 2.83 bits per heavy atom. The smallest absolute Gasteiger partial charge is 0.331 e. The van der Waals surface area contributed by atoms with Gasteiger partial charge < -0.3 is 9.72 Å². The van der Waals surface area contributed by atoms with Gasteiger partial charge in [-0.15, -0.1) is 0 Å². The minimum atomic E-state index is -0.414. The Bertz CT molecular complexity index is 726. The van der Waals surface area contributed by atoms with Gasteiger partial charge in [0, 0.05) is 17.8 Å². The predicted molar refractivity (Wildman–Crippen MR) is 90.3 cm³/mol. The number of thioether (sulfide) groups is 1. The van der Waals surface area contributed by atoms with Gasteiger partial charge in [0.15, 0.2) is 5.16 Å². The number of ether oxygens (including phenoxy) is 1. The molecule has 5 nitrogen and oxygen atoms in total. The Morgan fingerprint density at radius 1 is 1.30 bits per heavy atom. The molecule has 0 aliphatic heterocycles. The Kier molecular flexibility index (Phi) is 6.62. The molecule has 0 aliphatic carbocycles. The second-order valence-corrected chi connectivity index (χ2v) is 5.59. The van der Waals surface area contributed by atoms with Crippen molar-refractivity contribution in [3.05, 3.63) is 69.5 Å². The molecule has 2 rings (SSSR count). The van der Waals surface area contributed by atoms with Crippen LogP contribution in [0, 0.1) is 0 Å². The molecule has 0 bridgehead atoms. The normalized spacial score (nSPS) is 10.8. The van der Waals surface area contributed by atoms with Crippen molar-refractivity contribution in [1.82, 2.24) is 9.97 Å². The van der Waals surface area contributed by atoms with Crippen molar-refractivity contribution in [2.24, 2.45) is 0 Å². The number of aromatic amines is 1. The summed E-state index contributed by atoms with van der Waals surface area (Å²) in [7, 11) is 0. The van der Waals surface area contributed by atoms with Gasteiger partial charge >= 0.3 is 5.97 Å². The van der Waals surface area contributed by atoms with Crippen LogP contribution in [0.4, 0.5) is 0 Å². The molecule has 0 atom stereocenters. The summed E-state index contributed by atoms with van der Waals surface area (Å²) in [5.74, 6) is -0.414. The summed E-state index contributed by atoms with van der Waals surface area (Å²) in [6.45, 7) is 2.08. The number of carbonyl (C=O) groups is 1. The monoisotopic (exact) mass is 330 g/mol. The highest BCUT2D eigenvalue weighted by Crippen LogP contribution is 2.13.